The smallest absolute Gasteiger partial charge is 0.0719 e. The molecule has 0 bridgehead atoms. The first kappa shape index (κ1) is 28.6. The molecule has 10 aromatic rings. The van der Waals surface area contributed by atoms with E-state index in [9.17, 15) is 0 Å². The van der Waals surface area contributed by atoms with E-state index in [4.69, 9.17) is 0 Å². The summed E-state index contributed by atoms with van der Waals surface area (Å²) in [5.74, 6) is 0. The zero-order chi connectivity index (χ0) is 33.5. The van der Waals surface area contributed by atoms with E-state index in [0.717, 1.165) is 0 Å². The summed E-state index contributed by atoms with van der Waals surface area (Å²) < 4.78 is 5.15. The van der Waals surface area contributed by atoms with E-state index in [1.807, 2.05) is 11.3 Å². The fraction of sp³-hybridized carbons (Fsp3) is 0.0204. The molecule has 2 heterocycles. The van der Waals surface area contributed by atoms with Gasteiger partial charge in [0, 0.05) is 31.9 Å². The molecule has 1 aliphatic carbocycles. The zero-order valence-corrected chi connectivity index (χ0v) is 28.6. The van der Waals surface area contributed by atoms with E-state index < -0.39 is 5.41 Å². The zero-order valence-electron chi connectivity index (χ0n) is 27.8. The first-order valence-electron chi connectivity index (χ1n) is 17.6. The maximum absolute atomic E-state index is 2.49. The molecule has 0 amide bonds. The van der Waals surface area contributed by atoms with Crippen molar-refractivity contribution in [3.05, 3.63) is 210 Å². The minimum absolute atomic E-state index is 0.429. The molecule has 8 aromatic carbocycles. The van der Waals surface area contributed by atoms with Gasteiger partial charge in [-0.05, 0) is 74.8 Å². The number of benzene rings is 8. The Morgan fingerprint density at radius 1 is 0.412 bits per heavy atom. The standard InChI is InChI=1S/C49H31NS/c1-3-15-34(16-4-1)49(35-17-5-2-6-18-35)43-23-10-7-20-37(43)38-27-26-33(31-44(38)49)32-14-13-19-36(30-32)50-45-24-11-8-21-39(45)41-28-29-42-40-22-9-12-25-46(40)51-48(42)47(41)50/h1-31H. The maximum Gasteiger partial charge on any atom is 0.0719 e. The van der Waals surface area contributed by atoms with E-state index >= 15 is 0 Å². The maximum atomic E-state index is 2.49. The largest absolute Gasteiger partial charge is 0.308 e. The van der Waals surface area contributed by atoms with E-state index in [0.29, 0.717) is 0 Å². The predicted molar refractivity (Wildman–Crippen MR) is 216 cm³/mol. The molecule has 1 aliphatic rings. The van der Waals surface area contributed by atoms with Crippen LogP contribution in [-0.2, 0) is 5.41 Å². The van der Waals surface area contributed by atoms with Crippen LogP contribution in [0.25, 0.3) is 69.9 Å². The summed E-state index contributed by atoms with van der Waals surface area (Å²) in [6.45, 7) is 0. The lowest BCUT2D eigenvalue weighted by atomic mass is 9.67. The number of fused-ring (bicyclic) bond motifs is 10. The van der Waals surface area contributed by atoms with Crippen molar-refractivity contribution in [3.63, 3.8) is 0 Å². The van der Waals surface area contributed by atoms with Gasteiger partial charge < -0.3 is 4.57 Å². The lowest BCUT2D eigenvalue weighted by Crippen LogP contribution is -2.28. The quantitative estimate of drug-likeness (QED) is 0.176. The van der Waals surface area contributed by atoms with E-state index in [2.05, 4.69) is 193 Å². The van der Waals surface area contributed by atoms with Crippen molar-refractivity contribution < 1.29 is 0 Å². The lowest BCUT2D eigenvalue weighted by Gasteiger charge is -2.34. The van der Waals surface area contributed by atoms with Crippen molar-refractivity contribution >= 4 is 53.3 Å². The van der Waals surface area contributed by atoms with Crippen LogP contribution in [0.2, 0.25) is 0 Å². The van der Waals surface area contributed by atoms with Crippen LogP contribution >= 0.6 is 11.3 Å². The number of aromatic nitrogens is 1. The van der Waals surface area contributed by atoms with Gasteiger partial charge in [0.25, 0.3) is 0 Å². The molecule has 51 heavy (non-hydrogen) atoms. The molecule has 1 nitrogen and oxygen atoms in total. The molecule has 0 aliphatic heterocycles. The van der Waals surface area contributed by atoms with Crippen LogP contribution in [0.15, 0.2) is 188 Å². The highest BCUT2D eigenvalue weighted by molar-refractivity contribution is 7.26. The van der Waals surface area contributed by atoms with Crippen molar-refractivity contribution in [1.29, 1.82) is 0 Å². The summed E-state index contributed by atoms with van der Waals surface area (Å²) in [5.41, 5.74) is 13.5. The Balaban J connectivity index is 1.16. The summed E-state index contributed by atoms with van der Waals surface area (Å²) >= 11 is 1.90. The van der Waals surface area contributed by atoms with E-state index in [-0.39, 0.29) is 0 Å². The van der Waals surface area contributed by atoms with Gasteiger partial charge in [-0.3, -0.25) is 0 Å². The third kappa shape index (κ3) is 3.97. The van der Waals surface area contributed by atoms with Crippen LogP contribution in [0.5, 0.6) is 0 Å². The minimum Gasteiger partial charge on any atom is -0.308 e. The molecular weight excluding hydrogens is 635 g/mol. The summed E-state index contributed by atoms with van der Waals surface area (Å²) in [5, 5.41) is 5.22. The average Bonchev–Trinajstić information content (AvgIpc) is 3.85. The van der Waals surface area contributed by atoms with Crippen molar-refractivity contribution in [1.82, 2.24) is 4.57 Å². The van der Waals surface area contributed by atoms with Gasteiger partial charge in [0.05, 0.1) is 21.1 Å². The summed E-state index contributed by atoms with van der Waals surface area (Å²) in [6.07, 6.45) is 0. The predicted octanol–water partition coefficient (Wildman–Crippen LogP) is 13.2. The molecule has 2 aromatic heterocycles. The number of hydrogen-bond acceptors (Lipinski definition) is 1. The third-order valence-corrected chi connectivity index (χ3v) is 12.3. The Hall–Kier alpha value is -6.22. The third-order valence-electron chi connectivity index (χ3n) is 11.1. The van der Waals surface area contributed by atoms with Gasteiger partial charge in [0.2, 0.25) is 0 Å². The molecule has 0 saturated carbocycles. The average molecular weight is 666 g/mol. The number of rotatable bonds is 4. The van der Waals surface area contributed by atoms with Crippen molar-refractivity contribution in [2.75, 3.05) is 0 Å². The Morgan fingerprint density at radius 2 is 1.06 bits per heavy atom. The monoisotopic (exact) mass is 665 g/mol. The second-order valence-electron chi connectivity index (χ2n) is 13.6. The van der Waals surface area contributed by atoms with Gasteiger partial charge in [-0.2, -0.15) is 0 Å². The van der Waals surface area contributed by atoms with Crippen LogP contribution in [-0.4, -0.2) is 4.57 Å². The normalized spacial score (nSPS) is 13.3. The number of thiophene rings is 1. The number of nitrogens with zero attached hydrogens (tertiary/aromatic N) is 1. The molecule has 0 N–H and O–H groups in total. The van der Waals surface area contributed by atoms with Gasteiger partial charge in [0.15, 0.2) is 0 Å². The molecule has 11 rings (SSSR count). The highest BCUT2D eigenvalue weighted by Crippen LogP contribution is 2.56. The van der Waals surface area contributed by atoms with Gasteiger partial charge in [-0.15, -0.1) is 11.3 Å². The van der Waals surface area contributed by atoms with Gasteiger partial charge >= 0.3 is 0 Å². The number of hydrogen-bond donors (Lipinski definition) is 0. The summed E-state index contributed by atoms with van der Waals surface area (Å²) in [7, 11) is 0. The second kappa shape index (κ2) is 10.9. The second-order valence-corrected chi connectivity index (χ2v) is 14.7. The van der Waals surface area contributed by atoms with Crippen LogP contribution in [0.3, 0.4) is 0 Å². The summed E-state index contributed by atoms with van der Waals surface area (Å²) in [4.78, 5) is 0. The summed E-state index contributed by atoms with van der Waals surface area (Å²) in [6, 6.07) is 69.7. The van der Waals surface area contributed by atoms with Crippen molar-refractivity contribution in [3.8, 4) is 27.9 Å². The van der Waals surface area contributed by atoms with Crippen LogP contribution in [0.1, 0.15) is 22.3 Å². The molecule has 0 unspecified atom stereocenters. The van der Waals surface area contributed by atoms with Crippen molar-refractivity contribution in [2.45, 2.75) is 5.41 Å². The first-order valence-corrected chi connectivity index (χ1v) is 18.4. The molecule has 0 spiro atoms. The van der Waals surface area contributed by atoms with Gasteiger partial charge in [-0.25, -0.2) is 0 Å². The van der Waals surface area contributed by atoms with Crippen LogP contribution < -0.4 is 0 Å². The molecule has 0 fully saturated rings. The van der Waals surface area contributed by atoms with Gasteiger partial charge in [-0.1, -0.05) is 158 Å². The number of para-hydroxylation sites is 1. The van der Waals surface area contributed by atoms with Crippen LogP contribution in [0, 0.1) is 0 Å². The Kier molecular flexibility index (Phi) is 6.11. The SMILES string of the molecule is c1ccc(C2(c3ccccc3)c3ccccc3-c3ccc(-c4cccc(-n5c6ccccc6c6ccc7c8ccccc8sc7c65)c4)cc32)cc1. The highest BCUT2D eigenvalue weighted by atomic mass is 32.1. The molecule has 2 heteroatoms. The fourth-order valence-electron chi connectivity index (χ4n) is 8.95. The molecule has 0 radical (unpaired) electrons. The van der Waals surface area contributed by atoms with Crippen LogP contribution in [0.4, 0.5) is 0 Å². The van der Waals surface area contributed by atoms with Gasteiger partial charge in [0.1, 0.15) is 0 Å². The van der Waals surface area contributed by atoms with E-state index in [1.54, 1.807) is 0 Å². The Labute approximate surface area is 300 Å². The molecular formula is C49H31NS. The van der Waals surface area contributed by atoms with Crippen molar-refractivity contribution in [2.24, 2.45) is 0 Å². The van der Waals surface area contributed by atoms with E-state index in [1.165, 1.54) is 92.2 Å². The fourth-order valence-corrected chi connectivity index (χ4v) is 10.2. The first-order chi connectivity index (χ1) is 25.3. The Bertz CT molecular complexity index is 2930. The molecule has 0 saturated heterocycles. The Morgan fingerprint density at radius 3 is 1.88 bits per heavy atom. The topological polar surface area (TPSA) is 4.93 Å². The molecule has 238 valence electrons. The molecule has 0 atom stereocenters. The lowest BCUT2D eigenvalue weighted by molar-refractivity contribution is 0.769. The highest BCUT2D eigenvalue weighted by Gasteiger charge is 2.46. The minimum atomic E-state index is -0.429.